The first kappa shape index (κ1) is 15.2. The predicted octanol–water partition coefficient (Wildman–Crippen LogP) is -0.671. The second-order valence-electron chi connectivity index (χ2n) is 6.19. The van der Waals surface area contributed by atoms with Gasteiger partial charge in [-0.1, -0.05) is 19.1 Å². The van der Waals surface area contributed by atoms with Crippen molar-refractivity contribution >= 4 is 10.9 Å². The molecule has 3 rings (SSSR count). The fourth-order valence-corrected chi connectivity index (χ4v) is 3.42. The molecule has 0 unspecified atom stereocenters. The summed E-state index contributed by atoms with van der Waals surface area (Å²) in [5.41, 5.74) is 0.932. The number of rotatable bonds is 4. The molecule has 0 spiro atoms. The molecule has 1 aliphatic rings. The third-order valence-electron chi connectivity index (χ3n) is 4.68. The van der Waals surface area contributed by atoms with Crippen LogP contribution in [-0.4, -0.2) is 35.7 Å². The lowest BCUT2D eigenvalue weighted by molar-refractivity contribution is -0.971. The van der Waals surface area contributed by atoms with E-state index in [1.807, 2.05) is 28.8 Å². The van der Waals surface area contributed by atoms with Crippen molar-refractivity contribution in [3.8, 4) is 0 Å². The van der Waals surface area contributed by atoms with Crippen LogP contribution in [0.25, 0.3) is 10.9 Å². The fourth-order valence-electron chi connectivity index (χ4n) is 3.42. The zero-order valence-corrected chi connectivity index (χ0v) is 13.5. The Kier molecular flexibility index (Phi) is 4.55. The highest BCUT2D eigenvalue weighted by Gasteiger charge is 2.27. The van der Waals surface area contributed by atoms with Gasteiger partial charge in [0.1, 0.15) is 32.2 Å². The number of hydrogen-bond acceptors (Lipinski definition) is 2. The van der Waals surface area contributed by atoms with Crippen LogP contribution in [0.3, 0.4) is 0 Å². The van der Waals surface area contributed by atoms with Crippen molar-refractivity contribution in [2.24, 2.45) is 0 Å². The van der Waals surface area contributed by atoms with Crippen molar-refractivity contribution in [2.75, 3.05) is 26.2 Å². The van der Waals surface area contributed by atoms with Crippen LogP contribution < -0.4 is 15.8 Å². The summed E-state index contributed by atoms with van der Waals surface area (Å²) < 4.78 is 1.90. The quantitative estimate of drug-likeness (QED) is 0.787. The van der Waals surface area contributed by atoms with Crippen LogP contribution >= 0.6 is 0 Å². The van der Waals surface area contributed by atoms with Crippen LogP contribution in [0.15, 0.2) is 29.1 Å². The molecule has 1 saturated heterocycles. The number of fused-ring (bicyclic) bond motifs is 1. The summed E-state index contributed by atoms with van der Waals surface area (Å²) in [5, 5.41) is 3.09. The van der Waals surface area contributed by atoms with Gasteiger partial charge in [-0.25, -0.2) is 4.98 Å². The molecular weight excluding hydrogens is 276 g/mol. The molecule has 0 amide bonds. The Hall–Kier alpha value is -1.72. The second kappa shape index (κ2) is 6.58. The maximum absolute atomic E-state index is 12.8. The zero-order valence-electron chi connectivity index (χ0n) is 13.5. The van der Waals surface area contributed by atoms with Crippen molar-refractivity contribution < 1.29 is 10.2 Å². The molecule has 3 N–H and O–H groups in total. The van der Waals surface area contributed by atoms with Crippen LogP contribution in [0.4, 0.5) is 0 Å². The Morgan fingerprint density at radius 1 is 1.32 bits per heavy atom. The van der Waals surface area contributed by atoms with E-state index in [9.17, 15) is 4.79 Å². The smallest absolute Gasteiger partial charge is 0.261 e. The molecule has 2 heterocycles. The molecule has 118 valence electrons. The summed E-state index contributed by atoms with van der Waals surface area (Å²) in [6.07, 6.45) is 0.947. The minimum atomic E-state index is 0.109. The summed E-state index contributed by atoms with van der Waals surface area (Å²) in [7, 11) is 0. The van der Waals surface area contributed by atoms with E-state index in [0.29, 0.717) is 0 Å². The fraction of sp³-hybridized carbons (Fsp3) is 0.529. The van der Waals surface area contributed by atoms with Crippen molar-refractivity contribution in [3.63, 3.8) is 0 Å². The number of nitrogens with two attached hydrogens (primary N) is 1. The van der Waals surface area contributed by atoms with Gasteiger partial charge in [0.2, 0.25) is 0 Å². The van der Waals surface area contributed by atoms with E-state index in [-0.39, 0.29) is 11.6 Å². The number of para-hydroxylation sites is 1. The first-order valence-electron chi connectivity index (χ1n) is 8.38. The number of hydrogen-bond donors (Lipinski definition) is 2. The van der Waals surface area contributed by atoms with Crippen LogP contribution in [0, 0.1) is 0 Å². The summed E-state index contributed by atoms with van der Waals surface area (Å²) in [6.45, 7) is 9.65. The molecule has 5 nitrogen and oxygen atoms in total. The van der Waals surface area contributed by atoms with Gasteiger partial charge in [0, 0.05) is 6.54 Å². The van der Waals surface area contributed by atoms with Crippen LogP contribution in [0.5, 0.6) is 0 Å². The number of nitrogens with zero attached hydrogens (tertiary/aromatic N) is 2. The van der Waals surface area contributed by atoms with Crippen LogP contribution in [0.1, 0.15) is 32.1 Å². The average Bonchev–Trinajstić information content (AvgIpc) is 2.57. The van der Waals surface area contributed by atoms with E-state index >= 15 is 0 Å². The van der Waals surface area contributed by atoms with E-state index in [1.165, 1.54) is 4.90 Å². The lowest BCUT2D eigenvalue weighted by Crippen LogP contribution is -3.20. The number of benzene rings is 1. The Morgan fingerprint density at radius 3 is 2.77 bits per heavy atom. The third-order valence-corrected chi connectivity index (χ3v) is 4.68. The Morgan fingerprint density at radius 2 is 2.05 bits per heavy atom. The first-order chi connectivity index (χ1) is 10.7. The van der Waals surface area contributed by atoms with E-state index in [4.69, 9.17) is 4.98 Å². The van der Waals surface area contributed by atoms with Gasteiger partial charge < -0.3 is 10.2 Å². The molecule has 5 heteroatoms. The Balaban J connectivity index is 2.09. The van der Waals surface area contributed by atoms with Gasteiger partial charge in [-0.15, -0.1) is 0 Å². The van der Waals surface area contributed by atoms with Gasteiger partial charge in [-0.05, 0) is 25.5 Å². The van der Waals surface area contributed by atoms with E-state index in [0.717, 1.165) is 55.9 Å². The molecule has 0 saturated carbocycles. The normalized spacial score (nSPS) is 17.7. The van der Waals surface area contributed by atoms with Crippen molar-refractivity contribution in [1.82, 2.24) is 9.55 Å². The topological polar surface area (TPSA) is 55.9 Å². The Labute approximate surface area is 131 Å². The lowest BCUT2D eigenvalue weighted by atomic mass is 10.2. The zero-order chi connectivity index (χ0) is 15.5. The summed E-state index contributed by atoms with van der Waals surface area (Å²) in [5.74, 6) is 0.947. The molecule has 2 aromatic rings. The minimum absolute atomic E-state index is 0.109. The highest BCUT2D eigenvalue weighted by Crippen LogP contribution is 2.12. The monoisotopic (exact) mass is 302 g/mol. The van der Waals surface area contributed by atoms with Crippen LogP contribution in [0.2, 0.25) is 0 Å². The lowest BCUT2D eigenvalue weighted by Gasteiger charge is -2.29. The number of piperazine rings is 1. The molecule has 22 heavy (non-hydrogen) atoms. The summed E-state index contributed by atoms with van der Waals surface area (Å²) in [6, 6.07) is 7.96. The number of quaternary nitrogens is 2. The number of aromatic nitrogens is 2. The molecule has 1 atom stereocenters. The van der Waals surface area contributed by atoms with Crippen molar-refractivity contribution in [2.45, 2.75) is 32.9 Å². The predicted molar refractivity (Wildman–Crippen MR) is 87.1 cm³/mol. The third kappa shape index (κ3) is 2.78. The Bertz CT molecular complexity index is 703. The molecule has 1 aromatic carbocycles. The van der Waals surface area contributed by atoms with Crippen LogP contribution in [-0.2, 0) is 6.54 Å². The van der Waals surface area contributed by atoms with Gasteiger partial charge in [0.15, 0.2) is 5.82 Å². The molecular formula is C17H26N4O+2. The van der Waals surface area contributed by atoms with E-state index in [2.05, 4.69) is 19.2 Å². The van der Waals surface area contributed by atoms with E-state index < -0.39 is 0 Å². The maximum Gasteiger partial charge on any atom is 0.261 e. The SMILES string of the molecule is CCCn1c([C@@H](C)[NH+]2CC[NH2+]CC2)nc2ccccc2c1=O. The van der Waals surface area contributed by atoms with Gasteiger partial charge >= 0.3 is 0 Å². The number of nitrogens with one attached hydrogen (secondary N) is 1. The highest BCUT2D eigenvalue weighted by atomic mass is 16.1. The van der Waals surface area contributed by atoms with Gasteiger partial charge in [-0.3, -0.25) is 9.36 Å². The minimum Gasteiger partial charge on any atom is -0.337 e. The average molecular weight is 302 g/mol. The van der Waals surface area contributed by atoms with Gasteiger partial charge in [-0.2, -0.15) is 0 Å². The molecule has 1 aliphatic heterocycles. The molecule has 1 fully saturated rings. The van der Waals surface area contributed by atoms with Gasteiger partial charge in [0.05, 0.1) is 10.9 Å². The van der Waals surface area contributed by atoms with Gasteiger partial charge in [0.25, 0.3) is 5.56 Å². The largest absolute Gasteiger partial charge is 0.337 e. The van der Waals surface area contributed by atoms with E-state index in [1.54, 1.807) is 0 Å². The van der Waals surface area contributed by atoms with Crippen molar-refractivity contribution in [1.29, 1.82) is 0 Å². The summed E-state index contributed by atoms with van der Waals surface area (Å²) >= 11 is 0. The molecule has 1 aromatic heterocycles. The molecule has 0 aliphatic carbocycles. The summed E-state index contributed by atoms with van der Waals surface area (Å²) in [4.78, 5) is 19.2. The van der Waals surface area contributed by atoms with Crippen molar-refractivity contribution in [3.05, 3.63) is 40.4 Å². The molecule has 0 bridgehead atoms. The second-order valence-corrected chi connectivity index (χ2v) is 6.19. The maximum atomic E-state index is 12.8. The molecule has 0 radical (unpaired) electrons. The highest BCUT2D eigenvalue weighted by molar-refractivity contribution is 5.77. The standard InChI is InChI=1S/C17H24N4O/c1-3-10-21-16(13(2)20-11-8-18-9-12-20)19-15-7-5-4-6-14(15)17(21)22/h4-7,13,18H,3,8-12H2,1-2H3/p+2/t13-/m1/s1. The first-order valence-corrected chi connectivity index (χ1v) is 8.38.